The molecule has 0 bridgehead atoms. The van der Waals surface area contributed by atoms with Crippen molar-refractivity contribution in [2.45, 2.75) is 30.7 Å². The number of rotatable bonds is 7. The Morgan fingerprint density at radius 1 is 1.12 bits per heavy atom. The monoisotopic (exact) mass is 339 g/mol. The van der Waals surface area contributed by atoms with Crippen molar-refractivity contribution in [2.24, 2.45) is 0 Å². The van der Waals surface area contributed by atoms with Crippen LogP contribution in [0.15, 0.2) is 54.6 Å². The van der Waals surface area contributed by atoms with Gasteiger partial charge in [-0.25, -0.2) is 4.79 Å². The van der Waals surface area contributed by atoms with E-state index >= 15 is 0 Å². The quantitative estimate of drug-likeness (QED) is 0.813. The molecule has 2 N–H and O–H groups in total. The zero-order valence-electron chi connectivity index (χ0n) is 14.1. The maximum absolute atomic E-state index is 12.9. The number of para-hydroxylation sites is 1. The highest BCUT2D eigenvalue weighted by molar-refractivity contribution is 5.94. The Hall–Kier alpha value is -2.82. The molecule has 1 aliphatic carbocycles. The molecule has 1 fully saturated rings. The van der Waals surface area contributed by atoms with Crippen LogP contribution in [0.1, 0.15) is 24.0 Å². The van der Waals surface area contributed by atoms with Gasteiger partial charge in [-0.15, -0.1) is 0 Å². The number of carbonyl (C=O) groups excluding carboxylic acids is 1. The molecular formula is C20H21NO4. The number of carboxylic acids is 1. The molecule has 1 unspecified atom stereocenters. The smallest absolute Gasteiger partial charge is 0.326 e. The van der Waals surface area contributed by atoms with Crippen molar-refractivity contribution in [3.63, 3.8) is 0 Å². The lowest BCUT2D eigenvalue weighted by molar-refractivity contribution is -0.142. The number of amides is 1. The van der Waals surface area contributed by atoms with Crippen LogP contribution in [0.25, 0.3) is 0 Å². The molecule has 130 valence electrons. The van der Waals surface area contributed by atoms with E-state index in [0.717, 1.165) is 11.1 Å². The van der Waals surface area contributed by atoms with Crippen molar-refractivity contribution in [1.82, 2.24) is 5.32 Å². The third kappa shape index (κ3) is 3.50. The van der Waals surface area contributed by atoms with Crippen molar-refractivity contribution in [3.05, 3.63) is 65.7 Å². The number of benzene rings is 2. The van der Waals surface area contributed by atoms with Gasteiger partial charge >= 0.3 is 5.97 Å². The van der Waals surface area contributed by atoms with Crippen LogP contribution in [0.5, 0.6) is 5.75 Å². The van der Waals surface area contributed by atoms with Gasteiger partial charge in [0.15, 0.2) is 0 Å². The van der Waals surface area contributed by atoms with E-state index in [1.807, 2.05) is 54.6 Å². The Kier molecular flexibility index (Phi) is 4.74. The predicted molar refractivity (Wildman–Crippen MR) is 93.6 cm³/mol. The summed E-state index contributed by atoms with van der Waals surface area (Å²) in [7, 11) is 1.57. The van der Waals surface area contributed by atoms with Gasteiger partial charge in [0.25, 0.3) is 0 Å². The SMILES string of the molecule is COc1ccccc1C1(C(=O)NC(Cc2ccccc2)C(=O)O)CC1. The fourth-order valence-corrected chi connectivity index (χ4v) is 3.13. The lowest BCUT2D eigenvalue weighted by atomic mass is 9.93. The van der Waals surface area contributed by atoms with E-state index in [4.69, 9.17) is 4.74 Å². The van der Waals surface area contributed by atoms with Gasteiger partial charge in [0.05, 0.1) is 12.5 Å². The number of carboxylic acid groups (broad SMARTS) is 1. The third-order valence-electron chi connectivity index (χ3n) is 4.69. The summed E-state index contributed by atoms with van der Waals surface area (Å²) in [6.07, 6.45) is 1.64. The van der Waals surface area contributed by atoms with E-state index < -0.39 is 17.4 Å². The van der Waals surface area contributed by atoms with Crippen LogP contribution in [0, 0.1) is 0 Å². The van der Waals surface area contributed by atoms with E-state index in [1.165, 1.54) is 0 Å². The molecule has 0 saturated heterocycles. The number of hydrogen-bond donors (Lipinski definition) is 2. The van der Waals surface area contributed by atoms with E-state index in [2.05, 4.69) is 5.32 Å². The van der Waals surface area contributed by atoms with Crippen molar-refractivity contribution in [2.75, 3.05) is 7.11 Å². The number of carbonyl (C=O) groups is 2. The highest BCUT2D eigenvalue weighted by atomic mass is 16.5. The van der Waals surface area contributed by atoms with Crippen LogP contribution in [-0.2, 0) is 21.4 Å². The molecule has 3 rings (SSSR count). The number of nitrogens with one attached hydrogen (secondary N) is 1. The van der Waals surface area contributed by atoms with Gasteiger partial charge in [0.1, 0.15) is 11.8 Å². The standard InChI is InChI=1S/C20H21NO4/c1-25-17-10-6-5-9-15(17)20(11-12-20)19(24)21-16(18(22)23)13-14-7-3-2-4-8-14/h2-10,16H,11-13H2,1H3,(H,21,24)(H,22,23). The maximum Gasteiger partial charge on any atom is 0.326 e. The number of hydrogen-bond acceptors (Lipinski definition) is 3. The van der Waals surface area contributed by atoms with Gasteiger partial charge in [0, 0.05) is 12.0 Å². The number of methoxy groups -OCH3 is 1. The predicted octanol–water partition coefficient (Wildman–Crippen LogP) is 2.54. The molecule has 0 aliphatic heterocycles. The van der Waals surface area contributed by atoms with Crippen LogP contribution in [-0.4, -0.2) is 30.1 Å². The molecular weight excluding hydrogens is 318 g/mol. The van der Waals surface area contributed by atoms with Crippen molar-refractivity contribution in [3.8, 4) is 5.75 Å². The van der Waals surface area contributed by atoms with Crippen LogP contribution in [0.3, 0.4) is 0 Å². The first kappa shape index (κ1) is 17.0. The molecule has 1 saturated carbocycles. The molecule has 0 aromatic heterocycles. The van der Waals surface area contributed by atoms with Gasteiger partial charge in [-0.2, -0.15) is 0 Å². The Morgan fingerprint density at radius 3 is 2.36 bits per heavy atom. The van der Waals surface area contributed by atoms with E-state index in [9.17, 15) is 14.7 Å². The lowest BCUT2D eigenvalue weighted by Crippen LogP contribution is -2.46. The summed E-state index contributed by atoms with van der Waals surface area (Å²) in [5, 5.41) is 12.2. The maximum atomic E-state index is 12.9. The molecule has 1 amide bonds. The molecule has 0 radical (unpaired) electrons. The Labute approximate surface area is 146 Å². The average molecular weight is 339 g/mol. The van der Waals surface area contributed by atoms with E-state index in [0.29, 0.717) is 18.6 Å². The summed E-state index contributed by atoms with van der Waals surface area (Å²) in [5.74, 6) is -0.626. The zero-order valence-corrected chi connectivity index (χ0v) is 14.1. The molecule has 0 heterocycles. The Balaban J connectivity index is 1.78. The minimum absolute atomic E-state index is 0.250. The average Bonchev–Trinajstić information content (AvgIpc) is 3.43. The topological polar surface area (TPSA) is 75.6 Å². The normalized spacial score (nSPS) is 15.9. The molecule has 1 aliphatic rings. The summed E-state index contributed by atoms with van der Waals surface area (Å²) >= 11 is 0. The zero-order chi connectivity index (χ0) is 17.9. The molecule has 2 aromatic rings. The van der Waals surface area contributed by atoms with Gasteiger partial charge in [-0.1, -0.05) is 48.5 Å². The first-order valence-corrected chi connectivity index (χ1v) is 8.28. The summed E-state index contributed by atoms with van der Waals surface area (Å²) in [6.45, 7) is 0. The summed E-state index contributed by atoms with van der Waals surface area (Å²) in [6, 6.07) is 15.8. The van der Waals surface area contributed by atoms with Crippen molar-refractivity contribution >= 4 is 11.9 Å². The minimum atomic E-state index is -1.03. The fourth-order valence-electron chi connectivity index (χ4n) is 3.13. The first-order chi connectivity index (χ1) is 12.1. The first-order valence-electron chi connectivity index (χ1n) is 8.28. The Bertz CT molecular complexity index is 768. The minimum Gasteiger partial charge on any atom is -0.496 e. The van der Waals surface area contributed by atoms with Gasteiger partial charge in [-0.3, -0.25) is 4.79 Å². The van der Waals surface area contributed by atoms with Gasteiger partial charge < -0.3 is 15.2 Å². The highest BCUT2D eigenvalue weighted by Gasteiger charge is 2.53. The van der Waals surface area contributed by atoms with E-state index in [-0.39, 0.29) is 12.3 Å². The summed E-state index contributed by atoms with van der Waals surface area (Å²) in [5.41, 5.74) is 1.01. The molecule has 5 heteroatoms. The molecule has 2 aromatic carbocycles. The molecule has 0 spiro atoms. The second kappa shape index (κ2) is 6.97. The van der Waals surface area contributed by atoms with Crippen LogP contribution in [0.4, 0.5) is 0 Å². The van der Waals surface area contributed by atoms with Gasteiger partial charge in [0.2, 0.25) is 5.91 Å². The van der Waals surface area contributed by atoms with Gasteiger partial charge in [-0.05, 0) is 24.5 Å². The molecule has 1 atom stereocenters. The van der Waals surface area contributed by atoms with Crippen LogP contribution < -0.4 is 10.1 Å². The Morgan fingerprint density at radius 2 is 1.76 bits per heavy atom. The second-order valence-corrected chi connectivity index (χ2v) is 6.34. The number of aliphatic carboxylic acids is 1. The van der Waals surface area contributed by atoms with Crippen LogP contribution >= 0.6 is 0 Å². The fraction of sp³-hybridized carbons (Fsp3) is 0.300. The van der Waals surface area contributed by atoms with E-state index in [1.54, 1.807) is 7.11 Å². The van der Waals surface area contributed by atoms with Crippen LogP contribution in [0.2, 0.25) is 0 Å². The molecule has 25 heavy (non-hydrogen) atoms. The largest absolute Gasteiger partial charge is 0.496 e. The highest BCUT2D eigenvalue weighted by Crippen LogP contribution is 2.51. The summed E-state index contributed by atoms with van der Waals surface area (Å²) in [4.78, 5) is 24.5. The third-order valence-corrected chi connectivity index (χ3v) is 4.69. The van der Waals surface area contributed by atoms with Crippen molar-refractivity contribution in [1.29, 1.82) is 0 Å². The number of ether oxygens (including phenoxy) is 1. The summed E-state index contributed by atoms with van der Waals surface area (Å²) < 4.78 is 5.37. The molecule has 5 nitrogen and oxygen atoms in total. The van der Waals surface area contributed by atoms with Crippen molar-refractivity contribution < 1.29 is 19.4 Å². The second-order valence-electron chi connectivity index (χ2n) is 6.34. The lowest BCUT2D eigenvalue weighted by Gasteiger charge is -2.21.